The Labute approximate surface area is 155 Å². The number of furan rings is 1. The van der Waals surface area contributed by atoms with Crippen LogP contribution >= 0.6 is 31.9 Å². The number of aromatic hydroxyl groups is 1. The van der Waals surface area contributed by atoms with Crippen molar-refractivity contribution < 1.29 is 19.1 Å². The number of ether oxygens (including phenoxy) is 1. The number of aliphatic imine (C=N–C) groups is 1. The first-order valence-electron chi connectivity index (χ1n) is 6.81. The second kappa shape index (κ2) is 7.64. The van der Waals surface area contributed by atoms with Crippen molar-refractivity contribution in [2.75, 3.05) is 6.61 Å². The Morgan fingerprint density at radius 2 is 2.21 bits per heavy atom. The lowest BCUT2D eigenvalue weighted by molar-refractivity contribution is 0.0524. The van der Waals surface area contributed by atoms with Crippen molar-refractivity contribution in [3.63, 3.8) is 0 Å². The third-order valence-corrected chi connectivity index (χ3v) is 4.10. The van der Waals surface area contributed by atoms with Crippen LogP contribution in [-0.4, -0.2) is 23.9 Å². The monoisotopic (exact) mass is 454 g/mol. The highest BCUT2D eigenvalue weighted by atomic mass is 79.9. The van der Waals surface area contributed by atoms with Gasteiger partial charge in [-0.25, -0.2) is 9.79 Å². The van der Waals surface area contributed by atoms with Crippen molar-refractivity contribution in [2.24, 2.45) is 4.99 Å². The highest BCUT2D eigenvalue weighted by Gasteiger charge is 2.24. The number of benzene rings is 1. The Kier molecular flexibility index (Phi) is 5.80. The van der Waals surface area contributed by atoms with E-state index in [1.165, 1.54) is 6.21 Å². The lowest BCUT2D eigenvalue weighted by Gasteiger charge is -2.02. The van der Waals surface area contributed by atoms with Crippen LogP contribution in [0, 0.1) is 18.3 Å². The molecule has 0 unspecified atom stereocenters. The van der Waals surface area contributed by atoms with Gasteiger partial charge in [-0.15, -0.1) is 0 Å². The molecule has 0 fully saturated rings. The van der Waals surface area contributed by atoms with E-state index in [4.69, 9.17) is 9.15 Å². The summed E-state index contributed by atoms with van der Waals surface area (Å²) < 4.78 is 11.5. The molecule has 0 spiro atoms. The van der Waals surface area contributed by atoms with Crippen LogP contribution in [0.2, 0.25) is 0 Å². The van der Waals surface area contributed by atoms with Gasteiger partial charge in [-0.2, -0.15) is 5.26 Å². The Bertz CT molecular complexity index is 866. The molecule has 124 valence electrons. The Hall–Kier alpha value is -2.11. The van der Waals surface area contributed by atoms with E-state index >= 15 is 0 Å². The number of nitriles is 1. The maximum Gasteiger partial charge on any atom is 0.343 e. The van der Waals surface area contributed by atoms with E-state index in [-0.39, 0.29) is 35.1 Å². The summed E-state index contributed by atoms with van der Waals surface area (Å²) in [6, 6.07) is 5.24. The summed E-state index contributed by atoms with van der Waals surface area (Å²) in [6.07, 6.45) is 1.35. The molecule has 1 aromatic heterocycles. The molecular weight excluding hydrogens is 444 g/mol. The highest BCUT2D eigenvalue weighted by Crippen LogP contribution is 2.32. The quantitative estimate of drug-likeness (QED) is 0.536. The predicted molar refractivity (Wildman–Crippen MR) is 94.9 cm³/mol. The molecule has 24 heavy (non-hydrogen) atoms. The molecule has 6 nitrogen and oxygen atoms in total. The van der Waals surface area contributed by atoms with Gasteiger partial charge in [0.1, 0.15) is 28.7 Å². The molecule has 0 saturated carbocycles. The van der Waals surface area contributed by atoms with Crippen LogP contribution in [0.5, 0.6) is 5.75 Å². The van der Waals surface area contributed by atoms with Crippen molar-refractivity contribution >= 4 is 49.9 Å². The highest BCUT2D eigenvalue weighted by molar-refractivity contribution is 9.11. The first kappa shape index (κ1) is 18.2. The van der Waals surface area contributed by atoms with Crippen molar-refractivity contribution in [1.82, 2.24) is 0 Å². The van der Waals surface area contributed by atoms with E-state index in [1.807, 2.05) is 6.07 Å². The zero-order valence-electron chi connectivity index (χ0n) is 12.8. The van der Waals surface area contributed by atoms with Crippen LogP contribution in [0.25, 0.3) is 0 Å². The first-order chi connectivity index (χ1) is 11.4. The molecule has 0 bridgehead atoms. The summed E-state index contributed by atoms with van der Waals surface area (Å²) >= 11 is 6.54. The molecule has 1 N–H and O–H groups in total. The molecule has 0 atom stereocenters. The van der Waals surface area contributed by atoms with Gasteiger partial charge in [0.2, 0.25) is 5.88 Å². The van der Waals surface area contributed by atoms with Crippen LogP contribution in [0.1, 0.15) is 34.2 Å². The van der Waals surface area contributed by atoms with Crippen molar-refractivity contribution in [3.8, 4) is 11.8 Å². The van der Waals surface area contributed by atoms with Gasteiger partial charge in [-0.05, 0) is 41.9 Å². The Morgan fingerprint density at radius 1 is 1.50 bits per heavy atom. The van der Waals surface area contributed by atoms with Gasteiger partial charge in [0.15, 0.2) is 0 Å². The maximum atomic E-state index is 11.9. The molecule has 0 aliphatic heterocycles. The van der Waals surface area contributed by atoms with Gasteiger partial charge in [0.05, 0.1) is 11.1 Å². The predicted octanol–water partition coefficient (Wildman–Crippen LogP) is 4.62. The van der Waals surface area contributed by atoms with Crippen LogP contribution in [0.3, 0.4) is 0 Å². The van der Waals surface area contributed by atoms with Crippen molar-refractivity contribution in [1.29, 1.82) is 5.26 Å². The fraction of sp³-hybridized carbons (Fsp3) is 0.188. The fourth-order valence-corrected chi connectivity index (χ4v) is 3.24. The number of carbonyl (C=O) groups is 1. The smallest absolute Gasteiger partial charge is 0.343 e. The molecule has 1 heterocycles. The Morgan fingerprint density at radius 3 is 2.83 bits per heavy atom. The second-order valence-corrected chi connectivity index (χ2v) is 6.40. The summed E-state index contributed by atoms with van der Waals surface area (Å²) in [5, 5.41) is 19.3. The lowest BCUT2D eigenvalue weighted by Crippen LogP contribution is -2.06. The number of carbonyl (C=O) groups excluding carboxylic acids is 1. The van der Waals surface area contributed by atoms with E-state index in [0.29, 0.717) is 10.0 Å². The average Bonchev–Trinajstić information content (AvgIpc) is 2.85. The molecule has 2 aromatic rings. The molecular formula is C16H12Br2N2O4. The maximum absolute atomic E-state index is 11.9. The van der Waals surface area contributed by atoms with E-state index in [1.54, 1.807) is 26.0 Å². The van der Waals surface area contributed by atoms with E-state index in [2.05, 4.69) is 36.9 Å². The van der Waals surface area contributed by atoms with Gasteiger partial charge in [-0.3, -0.25) is 0 Å². The molecule has 0 amide bonds. The largest absolute Gasteiger partial charge is 0.506 e. The minimum Gasteiger partial charge on any atom is -0.506 e. The Balaban J connectivity index is 2.46. The lowest BCUT2D eigenvalue weighted by atomic mass is 10.1. The van der Waals surface area contributed by atoms with E-state index in [0.717, 1.165) is 4.47 Å². The number of rotatable bonds is 4. The number of nitrogens with zero attached hydrogens (tertiary/aromatic N) is 2. The SMILES string of the molecule is CCOC(=O)c1c(C)oc(N=Cc2cc(Br)cc(Br)c2O)c1C#N. The van der Waals surface area contributed by atoms with Gasteiger partial charge < -0.3 is 14.3 Å². The zero-order valence-corrected chi connectivity index (χ0v) is 15.9. The van der Waals surface area contributed by atoms with Crippen LogP contribution < -0.4 is 0 Å². The molecule has 8 heteroatoms. The standard InChI is InChI=1S/C16H12Br2N2O4/c1-3-23-16(22)13-8(2)24-15(11(13)6-19)20-7-9-4-10(17)5-12(18)14(9)21/h4-5,7,21H,3H2,1-2H3. The van der Waals surface area contributed by atoms with Gasteiger partial charge in [0.25, 0.3) is 0 Å². The zero-order chi connectivity index (χ0) is 17.9. The first-order valence-corrected chi connectivity index (χ1v) is 8.40. The third kappa shape index (κ3) is 3.68. The van der Waals surface area contributed by atoms with Gasteiger partial charge >= 0.3 is 5.97 Å². The summed E-state index contributed by atoms with van der Waals surface area (Å²) in [6.45, 7) is 3.42. The summed E-state index contributed by atoms with van der Waals surface area (Å²) in [7, 11) is 0. The molecule has 2 rings (SSSR count). The minimum absolute atomic E-state index is 0.00393. The second-order valence-electron chi connectivity index (χ2n) is 4.63. The van der Waals surface area contributed by atoms with Crippen molar-refractivity contribution in [3.05, 3.63) is 43.5 Å². The summed E-state index contributed by atoms with van der Waals surface area (Å²) in [5.74, 6) is -0.413. The number of esters is 1. The van der Waals surface area contributed by atoms with Gasteiger partial charge in [-0.1, -0.05) is 15.9 Å². The van der Waals surface area contributed by atoms with Crippen LogP contribution in [0.4, 0.5) is 5.88 Å². The molecule has 0 radical (unpaired) electrons. The minimum atomic E-state index is -0.634. The molecule has 0 saturated heterocycles. The van der Waals surface area contributed by atoms with Crippen molar-refractivity contribution in [2.45, 2.75) is 13.8 Å². The molecule has 0 aliphatic carbocycles. The molecule has 0 aliphatic rings. The topological polar surface area (TPSA) is 95.8 Å². The van der Waals surface area contributed by atoms with Gasteiger partial charge in [0, 0.05) is 16.3 Å². The number of phenols is 1. The number of hydrogen-bond donors (Lipinski definition) is 1. The summed E-state index contributed by atoms with van der Waals surface area (Å²) in [5.41, 5.74) is 0.466. The summed E-state index contributed by atoms with van der Waals surface area (Å²) in [4.78, 5) is 16.0. The normalized spacial score (nSPS) is 10.8. The number of aryl methyl sites for hydroxylation is 1. The van der Waals surface area contributed by atoms with E-state index in [9.17, 15) is 15.2 Å². The number of halogens is 2. The molecule has 1 aromatic carbocycles. The number of phenolic OH excluding ortho intramolecular Hbond substituents is 1. The number of hydrogen-bond acceptors (Lipinski definition) is 6. The average molecular weight is 456 g/mol. The van der Waals surface area contributed by atoms with Crippen LogP contribution in [-0.2, 0) is 4.74 Å². The van der Waals surface area contributed by atoms with Crippen LogP contribution in [0.15, 0.2) is 30.5 Å². The third-order valence-electron chi connectivity index (χ3n) is 3.04. The van der Waals surface area contributed by atoms with E-state index < -0.39 is 5.97 Å². The fourth-order valence-electron chi connectivity index (χ4n) is 1.99.